The monoisotopic (exact) mass is 301 g/mol. The lowest BCUT2D eigenvalue weighted by Crippen LogP contribution is -2.47. The summed E-state index contributed by atoms with van der Waals surface area (Å²) in [4.78, 5) is 11.1. The first-order valence-electron chi connectivity index (χ1n) is 8.55. The Hall–Kier alpha value is -0.650. The van der Waals surface area contributed by atoms with Gasteiger partial charge in [0, 0.05) is 6.54 Å². The molecule has 0 rings (SSSR count). The van der Waals surface area contributed by atoms with Gasteiger partial charge in [0.2, 0.25) is 0 Å². The van der Waals surface area contributed by atoms with Crippen LogP contribution in [0.25, 0.3) is 0 Å². The highest BCUT2D eigenvalue weighted by Crippen LogP contribution is 2.12. The molecule has 0 aliphatic carbocycles. The summed E-state index contributed by atoms with van der Waals surface area (Å²) in [5, 5.41) is 12.0. The molecule has 1 unspecified atom stereocenters. The number of hydrogen-bond donors (Lipinski definition) is 4. The molecule has 5 nitrogen and oxygen atoms in total. The zero-order valence-corrected chi connectivity index (χ0v) is 13.7. The Balaban J connectivity index is 3.43. The maximum atomic E-state index is 11.1. The molecule has 0 saturated carbocycles. The van der Waals surface area contributed by atoms with E-state index < -0.39 is 18.2 Å². The molecule has 21 heavy (non-hydrogen) atoms. The quantitative estimate of drug-likeness (QED) is 0.275. The third-order valence-corrected chi connectivity index (χ3v) is 3.74. The molecule has 126 valence electrons. The van der Waals surface area contributed by atoms with Crippen molar-refractivity contribution in [2.24, 2.45) is 11.5 Å². The fraction of sp³-hybridized carbons (Fsp3) is 0.938. The van der Waals surface area contributed by atoms with Crippen molar-refractivity contribution < 1.29 is 9.90 Å². The second-order valence-electron chi connectivity index (χ2n) is 5.93. The van der Waals surface area contributed by atoms with Gasteiger partial charge >= 0.3 is 5.97 Å². The average Bonchev–Trinajstić information content (AvgIpc) is 2.43. The lowest BCUT2D eigenvalue weighted by Gasteiger charge is -2.15. The SMILES string of the molecule is CCCCCCCCCCCCC(NCC(N)N)C(=O)O. The summed E-state index contributed by atoms with van der Waals surface area (Å²) in [6.45, 7) is 2.58. The van der Waals surface area contributed by atoms with Crippen molar-refractivity contribution in [1.82, 2.24) is 5.32 Å². The van der Waals surface area contributed by atoms with Crippen LogP contribution in [0.4, 0.5) is 0 Å². The van der Waals surface area contributed by atoms with Crippen LogP contribution in [0, 0.1) is 0 Å². The van der Waals surface area contributed by atoms with Crippen molar-refractivity contribution in [2.45, 2.75) is 89.8 Å². The third kappa shape index (κ3) is 14.1. The molecule has 0 bridgehead atoms. The Kier molecular flexibility index (Phi) is 13.9. The second-order valence-corrected chi connectivity index (χ2v) is 5.93. The Labute approximate surface area is 129 Å². The smallest absolute Gasteiger partial charge is 0.320 e. The van der Waals surface area contributed by atoms with E-state index in [0.29, 0.717) is 13.0 Å². The highest BCUT2D eigenvalue weighted by atomic mass is 16.4. The van der Waals surface area contributed by atoms with E-state index in [1.54, 1.807) is 0 Å². The van der Waals surface area contributed by atoms with E-state index in [9.17, 15) is 4.79 Å². The number of nitrogens with one attached hydrogen (secondary N) is 1. The van der Waals surface area contributed by atoms with Crippen LogP contribution in [-0.2, 0) is 4.79 Å². The number of hydrogen-bond acceptors (Lipinski definition) is 4. The number of carboxylic acids is 1. The van der Waals surface area contributed by atoms with Crippen molar-refractivity contribution in [2.75, 3.05) is 6.54 Å². The Morgan fingerprint density at radius 1 is 0.952 bits per heavy atom. The van der Waals surface area contributed by atoms with Gasteiger partial charge in [-0.15, -0.1) is 0 Å². The van der Waals surface area contributed by atoms with Gasteiger partial charge in [0.25, 0.3) is 0 Å². The average molecular weight is 301 g/mol. The van der Waals surface area contributed by atoms with Crippen LogP contribution in [0.15, 0.2) is 0 Å². The van der Waals surface area contributed by atoms with E-state index in [4.69, 9.17) is 16.6 Å². The predicted octanol–water partition coefficient (Wildman–Crippen LogP) is 2.58. The van der Waals surface area contributed by atoms with Crippen LogP contribution in [0.5, 0.6) is 0 Å². The van der Waals surface area contributed by atoms with Crippen LogP contribution < -0.4 is 16.8 Å². The standard InChI is InChI=1S/C16H35N3O2/c1-2-3-4-5-6-7-8-9-10-11-12-14(16(20)21)19-13-15(17)18/h14-15,19H,2-13,17-18H2,1H3,(H,20,21). The van der Waals surface area contributed by atoms with Gasteiger partial charge in [0.05, 0.1) is 6.17 Å². The summed E-state index contributed by atoms with van der Waals surface area (Å²) in [6, 6.07) is -0.520. The minimum Gasteiger partial charge on any atom is -0.480 e. The highest BCUT2D eigenvalue weighted by molar-refractivity contribution is 5.73. The van der Waals surface area contributed by atoms with E-state index >= 15 is 0 Å². The van der Waals surface area contributed by atoms with Crippen LogP contribution in [0.3, 0.4) is 0 Å². The van der Waals surface area contributed by atoms with Gasteiger partial charge in [0.1, 0.15) is 6.04 Å². The van der Waals surface area contributed by atoms with E-state index in [2.05, 4.69) is 12.2 Å². The van der Waals surface area contributed by atoms with Crippen molar-refractivity contribution >= 4 is 5.97 Å². The molecule has 1 atom stereocenters. The summed E-state index contributed by atoms with van der Waals surface area (Å²) in [5.74, 6) is -0.813. The Bertz CT molecular complexity index is 248. The number of rotatable bonds is 15. The first-order valence-corrected chi connectivity index (χ1v) is 8.55. The summed E-state index contributed by atoms with van der Waals surface area (Å²) in [6.07, 6.45) is 12.7. The summed E-state index contributed by atoms with van der Waals surface area (Å²) >= 11 is 0. The van der Waals surface area contributed by atoms with E-state index in [-0.39, 0.29) is 0 Å². The molecule has 0 aliphatic rings. The molecule has 0 heterocycles. The molecule has 0 aromatic carbocycles. The van der Waals surface area contributed by atoms with Gasteiger partial charge in [-0.25, -0.2) is 0 Å². The number of carbonyl (C=O) groups is 1. The van der Waals surface area contributed by atoms with Gasteiger partial charge in [-0.2, -0.15) is 0 Å². The molecular weight excluding hydrogens is 266 g/mol. The topological polar surface area (TPSA) is 101 Å². The van der Waals surface area contributed by atoms with E-state index in [1.165, 1.54) is 51.4 Å². The first-order chi connectivity index (χ1) is 10.1. The van der Waals surface area contributed by atoms with Crippen LogP contribution in [0.1, 0.15) is 77.6 Å². The molecule has 5 heteroatoms. The lowest BCUT2D eigenvalue weighted by molar-refractivity contribution is -0.139. The molecule has 0 aliphatic heterocycles. The largest absolute Gasteiger partial charge is 0.480 e. The Morgan fingerprint density at radius 3 is 1.86 bits per heavy atom. The second kappa shape index (κ2) is 14.3. The molecular formula is C16H35N3O2. The number of aliphatic carboxylic acids is 1. The first kappa shape index (κ1) is 20.3. The highest BCUT2D eigenvalue weighted by Gasteiger charge is 2.16. The van der Waals surface area contributed by atoms with Crippen molar-refractivity contribution in [3.05, 3.63) is 0 Å². The lowest BCUT2D eigenvalue weighted by atomic mass is 10.0. The molecule has 0 radical (unpaired) electrons. The van der Waals surface area contributed by atoms with Gasteiger partial charge in [-0.05, 0) is 6.42 Å². The third-order valence-electron chi connectivity index (χ3n) is 3.74. The number of nitrogens with two attached hydrogens (primary N) is 2. The minimum absolute atomic E-state index is 0.342. The maximum Gasteiger partial charge on any atom is 0.320 e. The van der Waals surface area contributed by atoms with Crippen molar-refractivity contribution in [1.29, 1.82) is 0 Å². The molecule has 0 spiro atoms. The molecule has 0 fully saturated rings. The van der Waals surface area contributed by atoms with E-state index in [0.717, 1.165) is 12.8 Å². The Morgan fingerprint density at radius 2 is 1.43 bits per heavy atom. The molecule has 0 saturated heterocycles. The summed E-state index contributed by atoms with van der Waals surface area (Å²) in [7, 11) is 0. The zero-order chi connectivity index (χ0) is 15.9. The predicted molar refractivity (Wildman–Crippen MR) is 88.1 cm³/mol. The fourth-order valence-corrected chi connectivity index (χ4v) is 2.43. The zero-order valence-electron chi connectivity index (χ0n) is 13.7. The summed E-state index contributed by atoms with van der Waals surface area (Å²) < 4.78 is 0. The molecule has 0 aromatic heterocycles. The van der Waals surface area contributed by atoms with Crippen LogP contribution in [-0.4, -0.2) is 29.8 Å². The van der Waals surface area contributed by atoms with Crippen molar-refractivity contribution in [3.8, 4) is 0 Å². The van der Waals surface area contributed by atoms with Gasteiger partial charge in [-0.1, -0.05) is 71.1 Å². The van der Waals surface area contributed by atoms with E-state index in [1.807, 2.05) is 0 Å². The minimum atomic E-state index is -0.813. The molecule has 6 N–H and O–H groups in total. The molecule has 0 aromatic rings. The van der Waals surface area contributed by atoms with Crippen molar-refractivity contribution in [3.63, 3.8) is 0 Å². The normalized spacial score (nSPS) is 12.8. The summed E-state index contributed by atoms with van der Waals surface area (Å²) in [5.41, 5.74) is 10.8. The molecule has 0 amide bonds. The number of unbranched alkanes of at least 4 members (excludes halogenated alkanes) is 9. The number of carboxylic acid groups (broad SMARTS) is 1. The van der Waals surface area contributed by atoms with Gasteiger partial charge in [0.15, 0.2) is 0 Å². The fourth-order valence-electron chi connectivity index (χ4n) is 2.43. The van der Waals surface area contributed by atoms with Gasteiger partial charge < -0.3 is 21.9 Å². The van der Waals surface area contributed by atoms with Crippen LogP contribution in [0.2, 0.25) is 0 Å². The van der Waals surface area contributed by atoms with Crippen LogP contribution >= 0.6 is 0 Å². The maximum absolute atomic E-state index is 11.1. The van der Waals surface area contributed by atoms with Gasteiger partial charge in [-0.3, -0.25) is 4.79 Å².